The molecule has 4 rings (SSSR count). The average Bonchev–Trinajstić information content (AvgIpc) is 3.34. The molecular weight excluding hydrogens is 346 g/mol. The van der Waals surface area contributed by atoms with E-state index in [2.05, 4.69) is 33.6 Å². The molecule has 0 bridgehead atoms. The van der Waals surface area contributed by atoms with Crippen molar-refractivity contribution < 1.29 is 9.53 Å². The lowest BCUT2D eigenvalue weighted by molar-refractivity contribution is 0.183. The zero-order valence-corrected chi connectivity index (χ0v) is 15.4. The first-order chi connectivity index (χ1) is 12.8. The highest BCUT2D eigenvalue weighted by Crippen LogP contribution is 2.35. The number of carbonyl (C=O) groups excluding carboxylic acids is 1. The van der Waals surface area contributed by atoms with Gasteiger partial charge in [-0.15, -0.1) is 11.3 Å². The Labute approximate surface area is 156 Å². The van der Waals surface area contributed by atoms with Crippen LogP contribution in [0.5, 0.6) is 5.75 Å². The number of benzene rings is 1. The minimum absolute atomic E-state index is 0.0542. The molecule has 5 nitrogen and oxygen atoms in total. The lowest BCUT2D eigenvalue weighted by atomic mass is 10.1. The number of nitrogens with one attached hydrogen (secondary N) is 1. The number of carbonyl (C=O) groups is 1. The summed E-state index contributed by atoms with van der Waals surface area (Å²) in [5.41, 5.74) is 1.92. The summed E-state index contributed by atoms with van der Waals surface area (Å²) in [6.07, 6.45) is 2.08. The average molecular weight is 367 g/mol. The van der Waals surface area contributed by atoms with Crippen LogP contribution in [0.25, 0.3) is 0 Å². The van der Waals surface area contributed by atoms with Gasteiger partial charge in [0.25, 0.3) is 0 Å². The van der Waals surface area contributed by atoms with Crippen molar-refractivity contribution in [2.45, 2.75) is 19.5 Å². The molecule has 1 aliphatic rings. The van der Waals surface area contributed by atoms with E-state index >= 15 is 0 Å². The minimum Gasteiger partial charge on any atom is -0.494 e. The van der Waals surface area contributed by atoms with Gasteiger partial charge in [0, 0.05) is 35.5 Å². The van der Waals surface area contributed by atoms with Crippen LogP contribution in [0.1, 0.15) is 23.5 Å². The Bertz CT molecular complexity index is 871. The molecule has 2 aromatic heterocycles. The standard InChI is InChI=1S/C20H21N3O2S/c1-2-25-16-9-7-15(8-10-16)21-20(24)23-13-12-22-11-3-5-17(22)19(23)18-6-4-14-26-18/h3-11,14,19H,2,12-13H2,1H3,(H,21,24)/t19-/m0/s1. The smallest absolute Gasteiger partial charge is 0.322 e. The van der Waals surface area contributed by atoms with Gasteiger partial charge in [0.05, 0.1) is 6.61 Å². The van der Waals surface area contributed by atoms with Crippen molar-refractivity contribution in [1.29, 1.82) is 0 Å². The van der Waals surface area contributed by atoms with E-state index in [4.69, 9.17) is 4.74 Å². The fraction of sp³-hybridized carbons (Fsp3) is 0.250. The molecule has 0 aliphatic carbocycles. The summed E-state index contributed by atoms with van der Waals surface area (Å²) >= 11 is 1.68. The first kappa shape index (κ1) is 16.7. The maximum atomic E-state index is 13.0. The number of hydrogen-bond donors (Lipinski definition) is 1. The summed E-state index contributed by atoms with van der Waals surface area (Å²) in [5, 5.41) is 5.08. The molecule has 3 aromatic rings. The second-order valence-corrected chi connectivity index (χ2v) is 7.10. The predicted octanol–water partition coefficient (Wildman–Crippen LogP) is 4.59. The van der Waals surface area contributed by atoms with E-state index in [1.54, 1.807) is 11.3 Å². The third-order valence-corrected chi connectivity index (χ3v) is 5.45. The lowest BCUT2D eigenvalue weighted by Crippen LogP contribution is -2.44. The summed E-state index contributed by atoms with van der Waals surface area (Å²) in [6.45, 7) is 4.06. The molecule has 0 spiro atoms. The molecule has 0 fully saturated rings. The SMILES string of the molecule is CCOc1ccc(NC(=O)N2CCn3cccc3[C@H]2c2cccs2)cc1. The van der Waals surface area contributed by atoms with Crippen LogP contribution in [-0.4, -0.2) is 28.6 Å². The normalized spacial score (nSPS) is 16.2. The van der Waals surface area contributed by atoms with Gasteiger partial charge in [-0.1, -0.05) is 6.07 Å². The van der Waals surface area contributed by atoms with Crippen molar-refractivity contribution in [3.05, 3.63) is 70.7 Å². The monoisotopic (exact) mass is 367 g/mol. The summed E-state index contributed by atoms with van der Waals surface area (Å²) < 4.78 is 7.68. The summed E-state index contributed by atoms with van der Waals surface area (Å²) in [4.78, 5) is 16.1. The third-order valence-electron chi connectivity index (χ3n) is 4.53. The summed E-state index contributed by atoms with van der Waals surface area (Å²) in [7, 11) is 0. The molecule has 1 atom stereocenters. The van der Waals surface area contributed by atoms with E-state index in [0.717, 1.165) is 23.7 Å². The highest BCUT2D eigenvalue weighted by molar-refractivity contribution is 7.10. The van der Waals surface area contributed by atoms with Crippen LogP contribution in [0, 0.1) is 0 Å². The van der Waals surface area contributed by atoms with Crippen LogP contribution in [0.2, 0.25) is 0 Å². The second kappa shape index (κ2) is 7.25. The van der Waals surface area contributed by atoms with Crippen molar-refractivity contribution >= 4 is 23.1 Å². The Morgan fingerprint density at radius 1 is 1.19 bits per heavy atom. The molecule has 3 heterocycles. The van der Waals surface area contributed by atoms with E-state index in [9.17, 15) is 4.79 Å². The first-order valence-corrected chi connectivity index (χ1v) is 9.63. The predicted molar refractivity (Wildman–Crippen MR) is 104 cm³/mol. The van der Waals surface area contributed by atoms with Crippen molar-refractivity contribution in [3.8, 4) is 5.75 Å². The van der Waals surface area contributed by atoms with Crippen LogP contribution < -0.4 is 10.1 Å². The van der Waals surface area contributed by atoms with Gasteiger partial charge in [-0.05, 0) is 54.8 Å². The van der Waals surface area contributed by atoms with E-state index in [0.29, 0.717) is 13.2 Å². The van der Waals surface area contributed by atoms with Gasteiger partial charge in [0.2, 0.25) is 0 Å². The van der Waals surface area contributed by atoms with Crippen molar-refractivity contribution in [3.63, 3.8) is 0 Å². The van der Waals surface area contributed by atoms with Crippen molar-refractivity contribution in [2.24, 2.45) is 0 Å². The maximum Gasteiger partial charge on any atom is 0.322 e. The van der Waals surface area contributed by atoms with Gasteiger partial charge in [0.15, 0.2) is 0 Å². The van der Waals surface area contributed by atoms with Gasteiger partial charge in [-0.25, -0.2) is 4.79 Å². The molecule has 134 valence electrons. The lowest BCUT2D eigenvalue weighted by Gasteiger charge is -2.36. The third kappa shape index (κ3) is 3.20. The summed E-state index contributed by atoms with van der Waals surface area (Å²) in [5.74, 6) is 0.803. The van der Waals surface area contributed by atoms with Crippen LogP contribution in [0.4, 0.5) is 10.5 Å². The number of thiophene rings is 1. The maximum absolute atomic E-state index is 13.0. The van der Waals surface area contributed by atoms with E-state index in [-0.39, 0.29) is 12.1 Å². The zero-order valence-electron chi connectivity index (χ0n) is 14.6. The van der Waals surface area contributed by atoms with Gasteiger partial charge < -0.3 is 19.5 Å². The highest BCUT2D eigenvalue weighted by Gasteiger charge is 2.32. The molecule has 0 saturated heterocycles. The quantitative estimate of drug-likeness (QED) is 0.733. The molecule has 1 N–H and O–H groups in total. The topological polar surface area (TPSA) is 46.5 Å². The molecule has 26 heavy (non-hydrogen) atoms. The van der Waals surface area contributed by atoms with Crippen LogP contribution in [0.3, 0.4) is 0 Å². The number of urea groups is 1. The van der Waals surface area contributed by atoms with Crippen molar-refractivity contribution in [2.75, 3.05) is 18.5 Å². The molecule has 2 amide bonds. The highest BCUT2D eigenvalue weighted by atomic mass is 32.1. The molecule has 0 saturated carbocycles. The Hall–Kier alpha value is -2.73. The molecule has 6 heteroatoms. The number of nitrogens with zero attached hydrogens (tertiary/aromatic N) is 2. The fourth-order valence-corrected chi connectivity index (χ4v) is 4.19. The fourth-order valence-electron chi connectivity index (χ4n) is 3.34. The minimum atomic E-state index is -0.0833. The molecule has 0 radical (unpaired) electrons. The number of hydrogen-bond acceptors (Lipinski definition) is 3. The molecular formula is C20H21N3O2S. The summed E-state index contributed by atoms with van der Waals surface area (Å²) in [6, 6.07) is 15.6. The van der Waals surface area contributed by atoms with Gasteiger partial charge in [-0.2, -0.15) is 0 Å². The van der Waals surface area contributed by atoms with Crippen LogP contribution in [-0.2, 0) is 6.54 Å². The first-order valence-electron chi connectivity index (χ1n) is 8.75. The van der Waals surface area contributed by atoms with Gasteiger partial charge >= 0.3 is 6.03 Å². The Morgan fingerprint density at radius 2 is 2.04 bits per heavy atom. The number of amides is 2. The second-order valence-electron chi connectivity index (χ2n) is 6.13. The molecule has 0 unspecified atom stereocenters. The molecule has 1 aromatic carbocycles. The van der Waals surface area contributed by atoms with Crippen molar-refractivity contribution in [1.82, 2.24) is 9.47 Å². The zero-order chi connectivity index (χ0) is 17.9. The van der Waals surface area contributed by atoms with E-state index in [1.807, 2.05) is 48.2 Å². The number of rotatable bonds is 4. The van der Waals surface area contributed by atoms with Gasteiger partial charge in [0.1, 0.15) is 11.8 Å². The Balaban J connectivity index is 1.56. The number of anilines is 1. The number of ether oxygens (including phenoxy) is 1. The Morgan fingerprint density at radius 3 is 2.77 bits per heavy atom. The van der Waals surface area contributed by atoms with Crippen LogP contribution in [0.15, 0.2) is 60.1 Å². The molecule has 1 aliphatic heterocycles. The van der Waals surface area contributed by atoms with Crippen LogP contribution >= 0.6 is 11.3 Å². The largest absolute Gasteiger partial charge is 0.494 e. The van der Waals surface area contributed by atoms with Gasteiger partial charge in [-0.3, -0.25) is 0 Å². The number of fused-ring (bicyclic) bond motifs is 1. The Kier molecular flexibility index (Phi) is 4.67. The van der Waals surface area contributed by atoms with E-state index in [1.165, 1.54) is 4.88 Å². The number of aromatic nitrogens is 1. The van der Waals surface area contributed by atoms with E-state index < -0.39 is 0 Å².